The quantitative estimate of drug-likeness (QED) is 0.803. The van der Waals surface area contributed by atoms with E-state index in [1.165, 1.54) is 12.1 Å². The summed E-state index contributed by atoms with van der Waals surface area (Å²) in [4.78, 5) is 2.11. The maximum atomic E-state index is 13.4. The first-order valence-corrected chi connectivity index (χ1v) is 8.55. The van der Waals surface area contributed by atoms with Crippen LogP contribution in [0.15, 0.2) is 30.3 Å². The normalized spacial score (nSPS) is 22.9. The molecule has 1 aromatic rings. The molecule has 2 rings (SSSR count). The molecule has 0 spiro atoms. The summed E-state index contributed by atoms with van der Waals surface area (Å²) in [6.45, 7) is 0. The number of thiocarbonyl (C=S) groups is 1. The van der Waals surface area contributed by atoms with E-state index in [-0.39, 0.29) is 22.8 Å². The second-order valence-corrected chi connectivity index (χ2v) is 6.83. The number of benzene rings is 1. The highest BCUT2D eigenvalue weighted by atomic mass is 32.1. The molecule has 1 aliphatic rings. The number of rotatable bonds is 4. The van der Waals surface area contributed by atoms with Gasteiger partial charge in [0.1, 0.15) is 6.04 Å². The van der Waals surface area contributed by atoms with Crippen molar-refractivity contribution in [1.29, 1.82) is 0 Å². The molecule has 0 radical (unpaired) electrons. The number of nitrogens with zero attached hydrogens (tertiary/aromatic N) is 1. The molecule has 0 saturated heterocycles. The Bertz CT molecular complexity index is 534. The fourth-order valence-electron chi connectivity index (χ4n) is 3.24. The number of alkyl halides is 3. The van der Waals surface area contributed by atoms with Crippen LogP contribution in [0.3, 0.4) is 0 Å². The Labute approximate surface area is 146 Å². The maximum Gasteiger partial charge on any atom is 0.412 e. The zero-order chi connectivity index (χ0) is 17.7. The molecule has 2 N–H and O–H groups in total. The van der Waals surface area contributed by atoms with Crippen molar-refractivity contribution < 1.29 is 13.2 Å². The number of halogens is 3. The summed E-state index contributed by atoms with van der Waals surface area (Å²) in [5, 5.41) is 5.61. The van der Waals surface area contributed by atoms with Gasteiger partial charge in [-0.15, -0.1) is 0 Å². The molecule has 134 valence electrons. The van der Waals surface area contributed by atoms with Crippen LogP contribution in [0.5, 0.6) is 0 Å². The minimum Gasteiger partial charge on any atom is -0.358 e. The van der Waals surface area contributed by atoms with Crippen LogP contribution in [-0.4, -0.2) is 42.4 Å². The van der Waals surface area contributed by atoms with Crippen molar-refractivity contribution in [2.45, 2.75) is 50.0 Å². The van der Waals surface area contributed by atoms with Crippen LogP contribution in [0.2, 0.25) is 0 Å². The van der Waals surface area contributed by atoms with Gasteiger partial charge < -0.3 is 15.5 Å². The molecular formula is C17H24F3N3S. The molecule has 24 heavy (non-hydrogen) atoms. The summed E-state index contributed by atoms with van der Waals surface area (Å²) in [6.07, 6.45) is -0.287. The molecule has 3 nitrogen and oxygen atoms in total. The number of hydrogen-bond donors (Lipinski definition) is 2. The number of likely N-dealkylation sites (N-methyl/N-ethyl adjacent to an activating group) is 1. The summed E-state index contributed by atoms with van der Waals surface area (Å²) >= 11 is 5.18. The highest BCUT2D eigenvalue weighted by molar-refractivity contribution is 7.80. The lowest BCUT2D eigenvalue weighted by Gasteiger charge is -2.37. The topological polar surface area (TPSA) is 27.3 Å². The Morgan fingerprint density at radius 1 is 1.17 bits per heavy atom. The van der Waals surface area contributed by atoms with Crippen molar-refractivity contribution in [2.75, 3.05) is 14.1 Å². The summed E-state index contributed by atoms with van der Waals surface area (Å²) in [5.41, 5.74) is 0.155. The van der Waals surface area contributed by atoms with Crippen LogP contribution in [0.25, 0.3) is 0 Å². The molecule has 1 aliphatic carbocycles. The van der Waals surface area contributed by atoms with Crippen LogP contribution >= 0.6 is 12.2 Å². The summed E-state index contributed by atoms with van der Waals surface area (Å²) in [7, 11) is 3.98. The Hall–Kier alpha value is -1.34. The molecular weight excluding hydrogens is 335 g/mol. The predicted octanol–water partition coefficient (Wildman–Crippen LogP) is 3.63. The third-order valence-electron chi connectivity index (χ3n) is 4.44. The van der Waals surface area contributed by atoms with Crippen LogP contribution in [-0.2, 0) is 0 Å². The molecule has 3 atom stereocenters. The largest absolute Gasteiger partial charge is 0.412 e. The van der Waals surface area contributed by atoms with E-state index in [1.54, 1.807) is 18.2 Å². The van der Waals surface area contributed by atoms with Gasteiger partial charge in [-0.1, -0.05) is 43.2 Å². The lowest BCUT2D eigenvalue weighted by Crippen LogP contribution is -2.54. The van der Waals surface area contributed by atoms with Gasteiger partial charge in [-0.25, -0.2) is 0 Å². The van der Waals surface area contributed by atoms with Crippen LogP contribution in [0.4, 0.5) is 13.2 Å². The third kappa shape index (κ3) is 5.08. The molecule has 0 unspecified atom stereocenters. The van der Waals surface area contributed by atoms with E-state index in [0.717, 1.165) is 25.7 Å². The SMILES string of the molecule is CN(C)[C@H]1CCCC[C@@H]1NC(=S)N[C@@H](c1ccccc1)C(F)(F)F. The van der Waals surface area contributed by atoms with Crippen molar-refractivity contribution in [3.8, 4) is 0 Å². The van der Waals surface area contributed by atoms with Crippen molar-refractivity contribution in [1.82, 2.24) is 15.5 Å². The fraction of sp³-hybridized carbons (Fsp3) is 0.588. The predicted molar refractivity (Wildman–Crippen MR) is 93.8 cm³/mol. The van der Waals surface area contributed by atoms with Gasteiger partial charge in [0.05, 0.1) is 0 Å². The van der Waals surface area contributed by atoms with Gasteiger partial charge >= 0.3 is 6.18 Å². The molecule has 0 aromatic heterocycles. The lowest BCUT2D eigenvalue weighted by atomic mass is 9.89. The molecule has 0 aliphatic heterocycles. The molecule has 1 saturated carbocycles. The van der Waals surface area contributed by atoms with Gasteiger partial charge in [0.2, 0.25) is 0 Å². The lowest BCUT2D eigenvalue weighted by molar-refractivity contribution is -0.154. The highest BCUT2D eigenvalue weighted by Gasteiger charge is 2.41. The van der Waals surface area contributed by atoms with E-state index in [1.807, 2.05) is 14.1 Å². The van der Waals surface area contributed by atoms with Gasteiger partial charge in [0.15, 0.2) is 5.11 Å². The zero-order valence-electron chi connectivity index (χ0n) is 13.9. The number of nitrogens with one attached hydrogen (secondary N) is 2. The third-order valence-corrected chi connectivity index (χ3v) is 4.68. The molecule has 1 fully saturated rings. The molecule has 7 heteroatoms. The van der Waals surface area contributed by atoms with Crippen molar-refractivity contribution >= 4 is 17.3 Å². The minimum absolute atomic E-state index is 0.0555. The Morgan fingerprint density at radius 3 is 2.38 bits per heavy atom. The minimum atomic E-state index is -4.42. The Morgan fingerprint density at radius 2 is 1.79 bits per heavy atom. The molecule has 0 amide bonds. The van der Waals surface area contributed by atoms with Gasteiger partial charge in [-0.05, 0) is 44.7 Å². The second kappa shape index (κ2) is 8.16. The summed E-state index contributed by atoms with van der Waals surface area (Å²) in [5.74, 6) is 0. The van der Waals surface area contributed by atoms with E-state index in [9.17, 15) is 13.2 Å². The molecule has 0 heterocycles. The average molecular weight is 359 g/mol. The van der Waals surface area contributed by atoms with Crippen molar-refractivity contribution in [3.63, 3.8) is 0 Å². The van der Waals surface area contributed by atoms with E-state index < -0.39 is 12.2 Å². The first-order valence-electron chi connectivity index (χ1n) is 8.14. The first kappa shape index (κ1) is 19.0. The number of hydrogen-bond acceptors (Lipinski definition) is 2. The summed E-state index contributed by atoms with van der Waals surface area (Å²) in [6, 6.07) is 6.33. The van der Waals surface area contributed by atoms with E-state index in [0.29, 0.717) is 0 Å². The van der Waals surface area contributed by atoms with E-state index in [4.69, 9.17) is 12.2 Å². The monoisotopic (exact) mass is 359 g/mol. The standard InChI is InChI=1S/C17H24F3N3S/c1-23(2)14-11-7-6-10-13(14)21-16(24)22-15(17(18,19)20)12-8-4-3-5-9-12/h3-5,8-9,13-15H,6-7,10-11H2,1-2H3,(H2,21,22,24)/t13-,14-,15-/m0/s1. The Kier molecular flexibility index (Phi) is 6.46. The van der Waals surface area contributed by atoms with Crippen LogP contribution < -0.4 is 10.6 Å². The van der Waals surface area contributed by atoms with Crippen molar-refractivity contribution in [2.24, 2.45) is 0 Å². The van der Waals surface area contributed by atoms with Gasteiger partial charge in [-0.3, -0.25) is 0 Å². The second-order valence-electron chi connectivity index (χ2n) is 6.43. The van der Waals surface area contributed by atoms with Crippen molar-refractivity contribution in [3.05, 3.63) is 35.9 Å². The van der Waals surface area contributed by atoms with Crippen LogP contribution in [0.1, 0.15) is 37.3 Å². The van der Waals surface area contributed by atoms with Gasteiger partial charge in [-0.2, -0.15) is 13.2 Å². The average Bonchev–Trinajstić information content (AvgIpc) is 2.52. The smallest absolute Gasteiger partial charge is 0.358 e. The summed E-state index contributed by atoms with van der Waals surface area (Å²) < 4.78 is 40.2. The van der Waals surface area contributed by atoms with E-state index >= 15 is 0 Å². The maximum absolute atomic E-state index is 13.4. The molecule has 1 aromatic carbocycles. The highest BCUT2D eigenvalue weighted by Crippen LogP contribution is 2.32. The molecule has 0 bridgehead atoms. The zero-order valence-corrected chi connectivity index (χ0v) is 14.8. The Balaban J connectivity index is 2.05. The van der Waals surface area contributed by atoms with Gasteiger partial charge in [0, 0.05) is 12.1 Å². The van der Waals surface area contributed by atoms with Crippen LogP contribution in [0, 0.1) is 0 Å². The fourth-order valence-corrected chi connectivity index (χ4v) is 3.51. The van der Waals surface area contributed by atoms with Gasteiger partial charge in [0.25, 0.3) is 0 Å². The first-order chi connectivity index (χ1) is 11.3. The van der Waals surface area contributed by atoms with E-state index in [2.05, 4.69) is 15.5 Å².